The fraction of sp³-hybridized carbons (Fsp3) is 0.846. The molecular weight excluding hydrogens is 234 g/mol. The van der Waals surface area contributed by atoms with Crippen molar-refractivity contribution in [2.24, 2.45) is 17.8 Å². The molecule has 0 heterocycles. The first-order valence-electron chi connectivity index (χ1n) is 6.50. The summed E-state index contributed by atoms with van der Waals surface area (Å²) in [6.45, 7) is 5.38. The number of fused-ring (bicyclic) bond motifs is 2. The van der Waals surface area contributed by atoms with Crippen molar-refractivity contribution >= 4 is 12.1 Å². The highest BCUT2D eigenvalue weighted by atomic mass is 16.6. The lowest BCUT2D eigenvalue weighted by molar-refractivity contribution is -0.144. The van der Waals surface area contributed by atoms with Crippen LogP contribution in [0.15, 0.2) is 0 Å². The Kier molecular flexibility index (Phi) is 3.25. The molecule has 2 fully saturated rings. The summed E-state index contributed by atoms with van der Waals surface area (Å²) in [5, 5.41) is 12.0. The third kappa shape index (κ3) is 2.60. The number of carbonyl (C=O) groups is 2. The predicted molar refractivity (Wildman–Crippen MR) is 65.1 cm³/mol. The van der Waals surface area contributed by atoms with Crippen LogP contribution in [-0.2, 0) is 9.53 Å². The molecule has 0 aromatic rings. The van der Waals surface area contributed by atoms with Gasteiger partial charge in [-0.1, -0.05) is 0 Å². The van der Waals surface area contributed by atoms with Crippen LogP contribution in [0, 0.1) is 17.8 Å². The summed E-state index contributed by atoms with van der Waals surface area (Å²) in [5.74, 6) is -0.740. The summed E-state index contributed by atoms with van der Waals surface area (Å²) in [7, 11) is 0. The Morgan fingerprint density at radius 3 is 2.39 bits per heavy atom. The van der Waals surface area contributed by atoms with E-state index in [0.29, 0.717) is 5.92 Å². The molecule has 0 saturated heterocycles. The van der Waals surface area contributed by atoms with Crippen molar-refractivity contribution in [2.75, 3.05) is 0 Å². The number of hydrogen-bond acceptors (Lipinski definition) is 3. The smallest absolute Gasteiger partial charge is 0.407 e. The number of carboxylic acids is 1. The van der Waals surface area contributed by atoms with Crippen LogP contribution in [0.1, 0.15) is 40.0 Å². The van der Waals surface area contributed by atoms with Crippen molar-refractivity contribution in [1.82, 2.24) is 5.32 Å². The molecule has 2 aliphatic carbocycles. The van der Waals surface area contributed by atoms with Gasteiger partial charge >= 0.3 is 12.1 Å². The largest absolute Gasteiger partial charge is 0.481 e. The normalized spacial score (nSPS) is 34.4. The minimum atomic E-state index is -0.803. The van der Waals surface area contributed by atoms with Crippen LogP contribution >= 0.6 is 0 Å². The summed E-state index contributed by atoms with van der Waals surface area (Å²) in [5.41, 5.74) is -0.555. The molecule has 2 N–H and O–H groups in total. The number of amides is 1. The first kappa shape index (κ1) is 13.2. The highest BCUT2D eigenvalue weighted by Gasteiger charge is 2.51. The maximum absolute atomic E-state index is 11.7. The SMILES string of the molecule is CC(C)(C)OC(=O)N[C@H]1[C@@H]2CC[C@@H](C2)[C@@H]1C(=O)O. The summed E-state index contributed by atoms with van der Waals surface area (Å²) in [6.07, 6.45) is 2.38. The van der Waals surface area contributed by atoms with Gasteiger partial charge in [-0.05, 0) is 51.9 Å². The highest BCUT2D eigenvalue weighted by Crippen LogP contribution is 2.48. The minimum Gasteiger partial charge on any atom is -0.481 e. The molecule has 5 nitrogen and oxygen atoms in total. The third-order valence-corrected chi connectivity index (χ3v) is 3.88. The highest BCUT2D eigenvalue weighted by molar-refractivity contribution is 5.75. The third-order valence-electron chi connectivity index (χ3n) is 3.88. The van der Waals surface area contributed by atoms with E-state index in [-0.39, 0.29) is 12.0 Å². The Bertz CT molecular complexity index is 360. The number of alkyl carbamates (subject to hydrolysis) is 1. The molecule has 0 unspecified atom stereocenters. The molecule has 2 aliphatic rings. The molecule has 102 valence electrons. The average molecular weight is 255 g/mol. The second-order valence-corrected chi connectivity index (χ2v) is 6.37. The first-order chi connectivity index (χ1) is 8.28. The lowest BCUT2D eigenvalue weighted by Gasteiger charge is -2.30. The van der Waals surface area contributed by atoms with Gasteiger partial charge in [-0.3, -0.25) is 4.79 Å². The number of nitrogens with one attached hydrogen (secondary N) is 1. The zero-order valence-corrected chi connectivity index (χ0v) is 11.1. The van der Waals surface area contributed by atoms with Gasteiger partial charge in [-0.2, -0.15) is 0 Å². The Hall–Kier alpha value is -1.26. The molecule has 1 amide bonds. The lowest BCUT2D eigenvalue weighted by atomic mass is 9.84. The van der Waals surface area contributed by atoms with E-state index in [2.05, 4.69) is 5.32 Å². The maximum Gasteiger partial charge on any atom is 0.407 e. The fourth-order valence-corrected chi connectivity index (χ4v) is 3.30. The van der Waals surface area contributed by atoms with Crippen LogP contribution in [0.4, 0.5) is 4.79 Å². The van der Waals surface area contributed by atoms with Crippen molar-refractivity contribution in [3.63, 3.8) is 0 Å². The van der Waals surface area contributed by atoms with Crippen molar-refractivity contribution < 1.29 is 19.4 Å². The van der Waals surface area contributed by atoms with E-state index < -0.39 is 23.6 Å². The molecule has 0 aromatic carbocycles. The summed E-state index contributed by atoms with van der Waals surface area (Å²) in [4.78, 5) is 23.0. The van der Waals surface area contributed by atoms with Gasteiger partial charge in [0.2, 0.25) is 0 Å². The number of aliphatic carboxylic acids is 1. The summed E-state index contributed by atoms with van der Waals surface area (Å²) in [6, 6.07) is -0.268. The van der Waals surface area contributed by atoms with Crippen molar-refractivity contribution in [2.45, 2.75) is 51.7 Å². The van der Waals surface area contributed by atoms with Crippen LogP contribution in [-0.4, -0.2) is 28.8 Å². The van der Waals surface area contributed by atoms with E-state index in [4.69, 9.17) is 4.74 Å². The van der Waals surface area contributed by atoms with E-state index in [9.17, 15) is 14.7 Å². The monoisotopic (exact) mass is 255 g/mol. The Balaban J connectivity index is 2.00. The van der Waals surface area contributed by atoms with Gasteiger partial charge in [0.15, 0.2) is 0 Å². The van der Waals surface area contributed by atoms with Gasteiger partial charge in [0.1, 0.15) is 5.60 Å². The second kappa shape index (κ2) is 4.44. The molecule has 0 radical (unpaired) electrons. The number of carbonyl (C=O) groups excluding carboxylic acids is 1. The minimum absolute atomic E-state index is 0.215. The Morgan fingerprint density at radius 2 is 1.83 bits per heavy atom. The number of ether oxygens (including phenoxy) is 1. The standard InChI is InChI=1S/C13H21NO4/c1-13(2,3)18-12(17)14-10-8-5-4-7(6-8)9(10)11(15)16/h7-10H,4-6H2,1-3H3,(H,14,17)(H,15,16)/t7-,8+,9-,10-/m0/s1. The molecule has 0 spiro atoms. The predicted octanol–water partition coefficient (Wildman–Crippen LogP) is 2.01. The summed E-state index contributed by atoms with van der Waals surface area (Å²) < 4.78 is 5.19. The van der Waals surface area contributed by atoms with Crippen molar-refractivity contribution in [3.8, 4) is 0 Å². The molecule has 18 heavy (non-hydrogen) atoms. The van der Waals surface area contributed by atoms with Crippen LogP contribution in [0.2, 0.25) is 0 Å². The van der Waals surface area contributed by atoms with Gasteiger partial charge in [-0.25, -0.2) is 4.79 Å². The molecular formula is C13H21NO4. The van der Waals surface area contributed by atoms with Crippen molar-refractivity contribution in [1.29, 1.82) is 0 Å². The van der Waals surface area contributed by atoms with E-state index in [1.165, 1.54) is 0 Å². The molecule has 0 aromatic heterocycles. The van der Waals surface area contributed by atoms with Gasteiger partial charge in [0, 0.05) is 6.04 Å². The topological polar surface area (TPSA) is 75.6 Å². The van der Waals surface area contributed by atoms with Gasteiger partial charge in [-0.15, -0.1) is 0 Å². The second-order valence-electron chi connectivity index (χ2n) is 6.37. The Morgan fingerprint density at radius 1 is 1.22 bits per heavy atom. The summed E-state index contributed by atoms with van der Waals surface area (Å²) >= 11 is 0. The van der Waals surface area contributed by atoms with Crippen LogP contribution in [0.3, 0.4) is 0 Å². The van der Waals surface area contributed by atoms with Crippen molar-refractivity contribution in [3.05, 3.63) is 0 Å². The number of hydrogen-bond donors (Lipinski definition) is 2. The van der Waals surface area contributed by atoms with Crippen LogP contribution < -0.4 is 5.32 Å². The van der Waals surface area contributed by atoms with Gasteiger partial charge in [0.05, 0.1) is 5.92 Å². The maximum atomic E-state index is 11.7. The van der Waals surface area contributed by atoms with Gasteiger partial charge < -0.3 is 15.2 Å². The van der Waals surface area contributed by atoms with E-state index in [0.717, 1.165) is 19.3 Å². The Labute approximate surface area is 107 Å². The van der Waals surface area contributed by atoms with Crippen LogP contribution in [0.5, 0.6) is 0 Å². The molecule has 2 saturated carbocycles. The van der Waals surface area contributed by atoms with E-state index in [1.807, 2.05) is 0 Å². The van der Waals surface area contributed by atoms with E-state index in [1.54, 1.807) is 20.8 Å². The first-order valence-corrected chi connectivity index (χ1v) is 6.50. The number of rotatable bonds is 2. The molecule has 4 atom stereocenters. The van der Waals surface area contributed by atoms with E-state index >= 15 is 0 Å². The van der Waals surface area contributed by atoms with Crippen LogP contribution in [0.25, 0.3) is 0 Å². The zero-order chi connectivity index (χ0) is 13.5. The fourth-order valence-electron chi connectivity index (χ4n) is 3.30. The number of carboxylic acid groups (broad SMARTS) is 1. The average Bonchev–Trinajstić information content (AvgIpc) is 2.73. The molecule has 2 rings (SSSR count). The quantitative estimate of drug-likeness (QED) is 0.791. The zero-order valence-electron chi connectivity index (χ0n) is 11.1. The molecule has 5 heteroatoms. The van der Waals surface area contributed by atoms with Gasteiger partial charge in [0.25, 0.3) is 0 Å². The molecule has 0 aliphatic heterocycles. The molecule has 2 bridgehead atoms. The lowest BCUT2D eigenvalue weighted by Crippen LogP contribution is -2.48.